The zero-order valence-electron chi connectivity index (χ0n) is 12.3. The number of para-hydroxylation sites is 1. The molecule has 2 saturated heterocycles. The van der Waals surface area contributed by atoms with Gasteiger partial charge in [0.05, 0.1) is 5.92 Å². The minimum absolute atomic E-state index is 0.0788. The van der Waals surface area contributed by atoms with Crippen molar-refractivity contribution in [2.24, 2.45) is 5.92 Å². The van der Waals surface area contributed by atoms with Gasteiger partial charge >= 0.3 is 12.0 Å². The Morgan fingerprint density at radius 2 is 2.00 bits per heavy atom. The molecule has 2 aliphatic heterocycles. The van der Waals surface area contributed by atoms with Gasteiger partial charge in [0.1, 0.15) is 0 Å². The molecule has 3 unspecified atom stereocenters. The molecule has 112 valence electrons. The molecule has 3 atom stereocenters. The van der Waals surface area contributed by atoms with E-state index in [0.717, 1.165) is 24.1 Å². The van der Waals surface area contributed by atoms with Crippen molar-refractivity contribution in [3.05, 3.63) is 29.8 Å². The molecule has 3 rings (SSSR count). The second-order valence-corrected chi connectivity index (χ2v) is 6.01. The van der Waals surface area contributed by atoms with Crippen LogP contribution in [0.25, 0.3) is 0 Å². The number of carboxylic acids is 1. The Morgan fingerprint density at radius 1 is 1.29 bits per heavy atom. The van der Waals surface area contributed by atoms with E-state index in [0.29, 0.717) is 6.42 Å². The third-order valence-corrected chi connectivity index (χ3v) is 4.84. The maximum absolute atomic E-state index is 12.8. The second-order valence-electron chi connectivity index (χ2n) is 6.01. The van der Waals surface area contributed by atoms with Crippen molar-refractivity contribution in [1.82, 2.24) is 4.90 Å². The van der Waals surface area contributed by atoms with Crippen molar-refractivity contribution in [2.45, 2.75) is 38.3 Å². The van der Waals surface area contributed by atoms with Crippen LogP contribution in [0.5, 0.6) is 0 Å². The highest BCUT2D eigenvalue weighted by molar-refractivity contribution is 5.93. The summed E-state index contributed by atoms with van der Waals surface area (Å²) in [6, 6.07) is 7.58. The number of hydrogen-bond donors (Lipinski definition) is 1. The first kappa shape index (κ1) is 13.9. The lowest BCUT2D eigenvalue weighted by molar-refractivity contribution is -0.142. The average Bonchev–Trinajstić information content (AvgIpc) is 3.04. The van der Waals surface area contributed by atoms with Gasteiger partial charge in [-0.1, -0.05) is 18.2 Å². The number of rotatable bonds is 2. The second kappa shape index (κ2) is 5.06. The van der Waals surface area contributed by atoms with Crippen LogP contribution in [0, 0.1) is 12.8 Å². The first-order valence-electron chi connectivity index (χ1n) is 7.35. The lowest BCUT2D eigenvalue weighted by Crippen LogP contribution is -2.45. The van der Waals surface area contributed by atoms with Gasteiger partial charge in [0, 0.05) is 24.8 Å². The van der Waals surface area contributed by atoms with Gasteiger partial charge in [0.2, 0.25) is 0 Å². The summed E-state index contributed by atoms with van der Waals surface area (Å²) in [4.78, 5) is 27.5. The minimum atomic E-state index is -0.779. The van der Waals surface area contributed by atoms with Gasteiger partial charge in [0.25, 0.3) is 0 Å². The number of carbonyl (C=O) groups excluding carboxylic acids is 1. The van der Waals surface area contributed by atoms with Crippen LogP contribution in [-0.2, 0) is 4.79 Å². The first-order valence-corrected chi connectivity index (χ1v) is 7.35. The molecule has 0 radical (unpaired) electrons. The number of carboxylic acid groups (broad SMARTS) is 1. The maximum atomic E-state index is 12.8. The number of hydrogen-bond acceptors (Lipinski definition) is 2. The Balaban J connectivity index is 1.83. The highest BCUT2D eigenvalue weighted by Crippen LogP contribution is 2.42. The molecule has 0 aliphatic carbocycles. The summed E-state index contributed by atoms with van der Waals surface area (Å²) >= 11 is 0. The predicted molar refractivity (Wildman–Crippen MR) is 79.4 cm³/mol. The molecule has 2 amide bonds. The third kappa shape index (κ3) is 2.17. The number of benzene rings is 1. The smallest absolute Gasteiger partial charge is 0.324 e. The molecule has 1 aromatic rings. The van der Waals surface area contributed by atoms with E-state index in [9.17, 15) is 14.7 Å². The zero-order chi connectivity index (χ0) is 15.1. The fraction of sp³-hybridized carbons (Fsp3) is 0.500. The molecule has 21 heavy (non-hydrogen) atoms. The van der Waals surface area contributed by atoms with E-state index in [1.807, 2.05) is 31.2 Å². The third-order valence-electron chi connectivity index (χ3n) is 4.84. The fourth-order valence-corrected chi connectivity index (χ4v) is 3.77. The van der Waals surface area contributed by atoms with Crippen molar-refractivity contribution in [3.8, 4) is 0 Å². The van der Waals surface area contributed by atoms with Gasteiger partial charge in [-0.25, -0.2) is 4.79 Å². The summed E-state index contributed by atoms with van der Waals surface area (Å²) in [6.07, 6.45) is 2.31. The van der Waals surface area contributed by atoms with E-state index in [1.165, 1.54) is 0 Å². The average molecular weight is 288 g/mol. The van der Waals surface area contributed by atoms with E-state index < -0.39 is 11.9 Å². The fourth-order valence-electron chi connectivity index (χ4n) is 3.77. The van der Waals surface area contributed by atoms with Crippen LogP contribution in [0.15, 0.2) is 24.3 Å². The number of nitrogens with zero attached hydrogens (tertiary/aromatic N) is 2. The van der Waals surface area contributed by atoms with Gasteiger partial charge in [-0.05, 0) is 37.8 Å². The lowest BCUT2D eigenvalue weighted by atomic mass is 9.89. The Kier molecular flexibility index (Phi) is 3.35. The Morgan fingerprint density at radius 3 is 2.62 bits per heavy atom. The van der Waals surface area contributed by atoms with Crippen molar-refractivity contribution in [1.29, 1.82) is 0 Å². The largest absolute Gasteiger partial charge is 0.481 e. The number of aryl methyl sites for hydroxylation is 1. The minimum Gasteiger partial charge on any atom is -0.481 e. The molecule has 0 spiro atoms. The highest BCUT2D eigenvalue weighted by Gasteiger charge is 2.52. The number of anilines is 1. The Labute approximate surface area is 124 Å². The van der Waals surface area contributed by atoms with Gasteiger partial charge in [-0.2, -0.15) is 0 Å². The molecule has 1 aromatic carbocycles. The number of fused-ring (bicyclic) bond motifs is 2. The molecule has 1 N–H and O–H groups in total. The lowest BCUT2D eigenvalue weighted by Gasteiger charge is -2.29. The molecule has 0 saturated carbocycles. The first-order chi connectivity index (χ1) is 10.0. The van der Waals surface area contributed by atoms with Crippen LogP contribution in [0.1, 0.15) is 24.8 Å². The summed E-state index contributed by atoms with van der Waals surface area (Å²) in [6.45, 7) is 1.97. The van der Waals surface area contributed by atoms with E-state index in [2.05, 4.69) is 0 Å². The zero-order valence-corrected chi connectivity index (χ0v) is 12.3. The summed E-state index contributed by atoms with van der Waals surface area (Å²) in [5.74, 6) is -1.18. The summed E-state index contributed by atoms with van der Waals surface area (Å²) in [5.41, 5.74) is 1.91. The van der Waals surface area contributed by atoms with E-state index >= 15 is 0 Å². The Hall–Kier alpha value is -2.04. The van der Waals surface area contributed by atoms with Crippen LogP contribution in [0.4, 0.5) is 10.5 Å². The molecular formula is C16H20N2O3. The van der Waals surface area contributed by atoms with Crippen molar-refractivity contribution in [3.63, 3.8) is 0 Å². The van der Waals surface area contributed by atoms with Crippen molar-refractivity contribution in [2.75, 3.05) is 11.9 Å². The van der Waals surface area contributed by atoms with E-state index in [-0.39, 0.29) is 18.1 Å². The quantitative estimate of drug-likeness (QED) is 0.909. The molecular weight excluding hydrogens is 268 g/mol. The number of amides is 2. The standard InChI is InChI=1S/C16H20N2O3/c1-10-5-3-4-6-13(10)17(2)16(21)18-11-7-8-14(18)12(9-11)15(19)20/h3-6,11-12,14H,7-9H2,1-2H3,(H,19,20). The molecule has 2 bridgehead atoms. The van der Waals surface area contributed by atoms with Crippen LogP contribution >= 0.6 is 0 Å². The normalized spacial score (nSPS) is 27.0. The molecule has 5 nitrogen and oxygen atoms in total. The van der Waals surface area contributed by atoms with Crippen molar-refractivity contribution >= 4 is 17.7 Å². The highest BCUT2D eigenvalue weighted by atomic mass is 16.4. The topological polar surface area (TPSA) is 60.9 Å². The van der Waals surface area contributed by atoms with E-state index in [1.54, 1.807) is 16.8 Å². The van der Waals surface area contributed by atoms with E-state index in [4.69, 9.17) is 0 Å². The van der Waals surface area contributed by atoms with Crippen LogP contribution in [-0.4, -0.2) is 41.1 Å². The number of carbonyl (C=O) groups is 2. The molecule has 0 aromatic heterocycles. The van der Waals surface area contributed by atoms with Gasteiger partial charge in [-0.15, -0.1) is 0 Å². The SMILES string of the molecule is Cc1ccccc1N(C)C(=O)N1C2CCC1C(C(=O)O)C2. The Bertz CT molecular complexity index is 587. The summed E-state index contributed by atoms with van der Waals surface area (Å²) in [5, 5.41) is 9.28. The van der Waals surface area contributed by atoms with Gasteiger partial charge in [-0.3, -0.25) is 9.69 Å². The summed E-state index contributed by atoms with van der Waals surface area (Å²) in [7, 11) is 1.76. The van der Waals surface area contributed by atoms with Crippen LogP contribution in [0.3, 0.4) is 0 Å². The van der Waals surface area contributed by atoms with Crippen LogP contribution < -0.4 is 4.90 Å². The van der Waals surface area contributed by atoms with Gasteiger partial charge in [0.15, 0.2) is 0 Å². The van der Waals surface area contributed by atoms with Gasteiger partial charge < -0.3 is 10.0 Å². The molecule has 2 aliphatic rings. The predicted octanol–water partition coefficient (Wildman–Crippen LogP) is 2.49. The molecule has 2 heterocycles. The summed E-state index contributed by atoms with van der Waals surface area (Å²) < 4.78 is 0. The van der Waals surface area contributed by atoms with Crippen molar-refractivity contribution < 1.29 is 14.7 Å². The van der Waals surface area contributed by atoms with Crippen LogP contribution in [0.2, 0.25) is 0 Å². The number of aliphatic carboxylic acids is 1. The molecule has 2 fully saturated rings. The molecule has 5 heteroatoms. The maximum Gasteiger partial charge on any atom is 0.324 e. The monoisotopic (exact) mass is 288 g/mol. The number of urea groups is 1.